The van der Waals surface area contributed by atoms with Crippen molar-refractivity contribution >= 4 is 22.9 Å². The van der Waals surface area contributed by atoms with Gasteiger partial charge >= 0.3 is 0 Å². The molecule has 3 aromatic heterocycles. The third kappa shape index (κ3) is 2.94. The van der Waals surface area contributed by atoms with Crippen LogP contribution in [0.3, 0.4) is 0 Å². The van der Waals surface area contributed by atoms with Crippen LogP contribution < -0.4 is 5.32 Å². The second-order valence-corrected chi connectivity index (χ2v) is 6.41. The first-order chi connectivity index (χ1) is 10.5. The van der Waals surface area contributed by atoms with Gasteiger partial charge in [0.25, 0.3) is 0 Å². The highest BCUT2D eigenvalue weighted by Crippen LogP contribution is 2.26. The minimum absolute atomic E-state index is 0.116. The molecule has 1 amide bonds. The molecule has 3 heterocycles. The summed E-state index contributed by atoms with van der Waals surface area (Å²) in [6.45, 7) is 3.92. The summed E-state index contributed by atoms with van der Waals surface area (Å²) in [6, 6.07) is 3.60. The molecular formula is C15H16N4O2S. The van der Waals surface area contributed by atoms with Crippen LogP contribution in [-0.4, -0.2) is 20.7 Å². The van der Waals surface area contributed by atoms with Crippen LogP contribution in [0.4, 0.5) is 5.69 Å². The SMILES string of the molecule is Cc1nc(CC(=O)Nc2cn(C)nc2-c2ccco2)c(C)s1. The summed E-state index contributed by atoms with van der Waals surface area (Å²) >= 11 is 1.60. The number of aryl methyl sites for hydroxylation is 3. The number of nitrogens with zero attached hydrogens (tertiary/aromatic N) is 3. The topological polar surface area (TPSA) is 73.0 Å². The number of carbonyl (C=O) groups is 1. The van der Waals surface area contributed by atoms with E-state index in [0.717, 1.165) is 15.6 Å². The predicted molar refractivity (Wildman–Crippen MR) is 84.8 cm³/mol. The van der Waals surface area contributed by atoms with Crippen LogP contribution >= 0.6 is 11.3 Å². The monoisotopic (exact) mass is 316 g/mol. The number of rotatable bonds is 4. The highest BCUT2D eigenvalue weighted by Gasteiger charge is 2.16. The molecule has 0 saturated heterocycles. The summed E-state index contributed by atoms with van der Waals surface area (Å²) in [7, 11) is 1.80. The first kappa shape index (κ1) is 14.5. The van der Waals surface area contributed by atoms with Gasteiger partial charge in [0.2, 0.25) is 5.91 Å². The van der Waals surface area contributed by atoms with E-state index in [1.807, 2.05) is 19.9 Å². The summed E-state index contributed by atoms with van der Waals surface area (Å²) in [6.07, 6.45) is 3.59. The van der Waals surface area contributed by atoms with Gasteiger partial charge in [0.1, 0.15) is 0 Å². The largest absolute Gasteiger partial charge is 0.463 e. The number of hydrogen-bond donors (Lipinski definition) is 1. The zero-order chi connectivity index (χ0) is 15.7. The van der Waals surface area contributed by atoms with E-state index in [1.54, 1.807) is 41.6 Å². The van der Waals surface area contributed by atoms with Gasteiger partial charge in [0.15, 0.2) is 11.5 Å². The maximum atomic E-state index is 12.3. The highest BCUT2D eigenvalue weighted by atomic mass is 32.1. The number of anilines is 1. The molecule has 1 N–H and O–H groups in total. The van der Waals surface area contributed by atoms with E-state index in [1.165, 1.54) is 0 Å². The van der Waals surface area contributed by atoms with Gasteiger partial charge in [0, 0.05) is 18.1 Å². The Hall–Kier alpha value is -2.41. The molecule has 7 heteroatoms. The zero-order valence-corrected chi connectivity index (χ0v) is 13.4. The molecule has 0 aliphatic rings. The Kier molecular flexibility index (Phi) is 3.81. The molecule has 0 fully saturated rings. The Labute approximate surface area is 131 Å². The molecular weight excluding hydrogens is 300 g/mol. The Morgan fingerprint density at radius 1 is 1.45 bits per heavy atom. The fraction of sp³-hybridized carbons (Fsp3) is 0.267. The molecule has 0 radical (unpaired) electrons. The summed E-state index contributed by atoms with van der Waals surface area (Å²) in [5.41, 5.74) is 2.07. The zero-order valence-electron chi connectivity index (χ0n) is 12.6. The maximum Gasteiger partial charge on any atom is 0.230 e. The minimum Gasteiger partial charge on any atom is -0.463 e. The minimum atomic E-state index is -0.116. The van der Waals surface area contributed by atoms with Crippen molar-refractivity contribution in [2.45, 2.75) is 20.3 Å². The van der Waals surface area contributed by atoms with Crippen molar-refractivity contribution in [3.05, 3.63) is 40.2 Å². The van der Waals surface area contributed by atoms with Gasteiger partial charge in [-0.15, -0.1) is 11.3 Å². The number of carbonyl (C=O) groups excluding carboxylic acids is 1. The van der Waals surface area contributed by atoms with Crippen molar-refractivity contribution in [3.8, 4) is 11.5 Å². The maximum absolute atomic E-state index is 12.3. The summed E-state index contributed by atoms with van der Waals surface area (Å²) in [4.78, 5) is 17.7. The number of hydrogen-bond acceptors (Lipinski definition) is 5. The van der Waals surface area contributed by atoms with E-state index < -0.39 is 0 Å². The standard InChI is InChI=1S/C15H16N4O2S/c1-9-11(16-10(2)22-9)7-14(20)17-12-8-19(3)18-15(12)13-5-4-6-21-13/h4-6,8H,7H2,1-3H3,(H,17,20). The highest BCUT2D eigenvalue weighted by molar-refractivity contribution is 7.11. The molecule has 0 aromatic carbocycles. The lowest BCUT2D eigenvalue weighted by Crippen LogP contribution is -2.15. The predicted octanol–water partition coefficient (Wildman–Crippen LogP) is 2.93. The molecule has 0 unspecified atom stereocenters. The van der Waals surface area contributed by atoms with E-state index in [2.05, 4.69) is 15.4 Å². The van der Waals surface area contributed by atoms with Crippen molar-refractivity contribution < 1.29 is 9.21 Å². The molecule has 0 bridgehead atoms. The van der Waals surface area contributed by atoms with Gasteiger partial charge in [-0.2, -0.15) is 5.10 Å². The van der Waals surface area contributed by atoms with Gasteiger partial charge in [-0.25, -0.2) is 4.98 Å². The second kappa shape index (κ2) is 5.76. The number of nitrogens with one attached hydrogen (secondary N) is 1. The van der Waals surface area contributed by atoms with Crippen molar-refractivity contribution in [2.75, 3.05) is 5.32 Å². The number of thiazole rings is 1. The van der Waals surface area contributed by atoms with Crippen molar-refractivity contribution in [1.29, 1.82) is 0 Å². The van der Waals surface area contributed by atoms with E-state index in [4.69, 9.17) is 4.42 Å². The smallest absolute Gasteiger partial charge is 0.230 e. The quantitative estimate of drug-likeness (QED) is 0.803. The number of furan rings is 1. The Morgan fingerprint density at radius 3 is 2.91 bits per heavy atom. The van der Waals surface area contributed by atoms with Gasteiger partial charge < -0.3 is 9.73 Å². The fourth-order valence-electron chi connectivity index (χ4n) is 2.26. The number of aromatic nitrogens is 3. The van der Waals surface area contributed by atoms with Gasteiger partial charge in [-0.05, 0) is 26.0 Å². The molecule has 0 saturated carbocycles. The lowest BCUT2D eigenvalue weighted by atomic mass is 10.2. The molecule has 0 aliphatic heterocycles. The van der Waals surface area contributed by atoms with E-state index in [0.29, 0.717) is 17.1 Å². The third-order valence-corrected chi connectivity index (χ3v) is 4.11. The van der Waals surface area contributed by atoms with Crippen LogP contribution in [0.2, 0.25) is 0 Å². The van der Waals surface area contributed by atoms with E-state index in [-0.39, 0.29) is 12.3 Å². The average Bonchev–Trinajstić information content (AvgIpc) is 3.12. The summed E-state index contributed by atoms with van der Waals surface area (Å²) < 4.78 is 7.00. The third-order valence-electron chi connectivity index (χ3n) is 3.19. The normalized spacial score (nSPS) is 10.9. The molecule has 114 valence electrons. The molecule has 0 atom stereocenters. The van der Waals surface area contributed by atoms with Crippen LogP contribution in [0.15, 0.2) is 29.0 Å². The second-order valence-electron chi connectivity index (χ2n) is 5.00. The van der Waals surface area contributed by atoms with E-state index in [9.17, 15) is 4.79 Å². The Balaban J connectivity index is 1.79. The Bertz CT molecular complexity index is 802. The van der Waals surface area contributed by atoms with Gasteiger partial charge in [-0.1, -0.05) is 0 Å². The fourth-order valence-corrected chi connectivity index (χ4v) is 3.09. The Morgan fingerprint density at radius 2 is 2.27 bits per heavy atom. The van der Waals surface area contributed by atoms with Gasteiger partial charge in [-0.3, -0.25) is 9.48 Å². The van der Waals surface area contributed by atoms with Crippen LogP contribution in [0, 0.1) is 13.8 Å². The lowest BCUT2D eigenvalue weighted by Gasteiger charge is -2.03. The molecule has 22 heavy (non-hydrogen) atoms. The van der Waals surface area contributed by atoms with Crippen molar-refractivity contribution in [2.24, 2.45) is 7.05 Å². The molecule has 0 aliphatic carbocycles. The molecule has 3 rings (SSSR count). The average molecular weight is 316 g/mol. The first-order valence-electron chi connectivity index (χ1n) is 6.83. The van der Waals surface area contributed by atoms with Crippen molar-refractivity contribution in [1.82, 2.24) is 14.8 Å². The van der Waals surface area contributed by atoms with Crippen LogP contribution in [0.25, 0.3) is 11.5 Å². The summed E-state index contributed by atoms with van der Waals surface area (Å²) in [5.74, 6) is 0.505. The molecule has 3 aromatic rings. The van der Waals surface area contributed by atoms with Crippen molar-refractivity contribution in [3.63, 3.8) is 0 Å². The van der Waals surface area contributed by atoms with Crippen LogP contribution in [0.5, 0.6) is 0 Å². The lowest BCUT2D eigenvalue weighted by molar-refractivity contribution is -0.115. The van der Waals surface area contributed by atoms with E-state index >= 15 is 0 Å². The summed E-state index contributed by atoms with van der Waals surface area (Å²) in [5, 5.41) is 8.19. The van der Waals surface area contributed by atoms with Crippen LogP contribution in [-0.2, 0) is 18.3 Å². The van der Waals surface area contributed by atoms with Gasteiger partial charge in [0.05, 0.1) is 29.1 Å². The molecule has 6 nitrogen and oxygen atoms in total. The first-order valence-corrected chi connectivity index (χ1v) is 7.65. The molecule has 0 spiro atoms. The number of amides is 1. The van der Waals surface area contributed by atoms with Crippen LogP contribution in [0.1, 0.15) is 15.6 Å².